The molecule has 4 rings (SSSR count). The summed E-state index contributed by atoms with van der Waals surface area (Å²) < 4.78 is 5.79. The van der Waals surface area contributed by atoms with Crippen molar-refractivity contribution in [3.8, 4) is 0 Å². The van der Waals surface area contributed by atoms with E-state index >= 15 is 0 Å². The number of anilines is 2. The molecule has 1 aliphatic heterocycles. The van der Waals surface area contributed by atoms with Crippen molar-refractivity contribution in [2.75, 3.05) is 23.3 Å². The van der Waals surface area contributed by atoms with Crippen molar-refractivity contribution >= 4 is 28.6 Å². The fraction of sp³-hybridized carbons (Fsp3) is 0.250. The molecule has 1 N–H and O–H groups in total. The summed E-state index contributed by atoms with van der Waals surface area (Å²) in [5, 5.41) is 13.9. The Labute approximate surface area is 137 Å². The summed E-state index contributed by atoms with van der Waals surface area (Å²) in [7, 11) is 0. The molecule has 0 saturated carbocycles. The van der Waals surface area contributed by atoms with Gasteiger partial charge in [-0.05, 0) is 24.6 Å². The van der Waals surface area contributed by atoms with Crippen LogP contribution in [0, 0.1) is 10.1 Å². The molecule has 1 fully saturated rings. The Balaban J connectivity index is 1.43. The average molecular weight is 325 g/mol. The number of nitrogens with zero attached hydrogens (tertiary/aromatic N) is 4. The summed E-state index contributed by atoms with van der Waals surface area (Å²) in [5.41, 5.74) is 1.61. The molecule has 122 valence electrons. The van der Waals surface area contributed by atoms with E-state index in [9.17, 15) is 10.1 Å². The van der Waals surface area contributed by atoms with Gasteiger partial charge in [0.25, 0.3) is 11.7 Å². The molecular weight excluding hydrogens is 310 g/mol. The first kappa shape index (κ1) is 14.4. The lowest BCUT2D eigenvalue weighted by atomic mass is 10.2. The largest absolute Gasteiger partial charge is 0.423 e. The van der Waals surface area contributed by atoms with E-state index in [-0.39, 0.29) is 11.7 Å². The maximum absolute atomic E-state index is 10.7. The van der Waals surface area contributed by atoms with Crippen LogP contribution in [0.15, 0.2) is 47.0 Å². The monoisotopic (exact) mass is 325 g/mol. The lowest BCUT2D eigenvalue weighted by Crippen LogP contribution is -2.26. The van der Waals surface area contributed by atoms with Crippen LogP contribution >= 0.6 is 0 Å². The smallest absolute Gasteiger partial charge is 0.298 e. The van der Waals surface area contributed by atoms with Gasteiger partial charge in [-0.25, -0.2) is 4.98 Å². The summed E-state index contributed by atoms with van der Waals surface area (Å²) in [6.07, 6.45) is 2.17. The average Bonchev–Trinajstić information content (AvgIpc) is 3.21. The standard InChI is InChI=1S/C16H15N5O3/c22-21(23)12-5-6-15(17-9-12)18-11-7-8-20(10-11)16-19-13-3-1-2-4-14(13)24-16/h1-6,9,11H,7-8,10H2,(H,17,18)/t11-/m0/s1. The topological polar surface area (TPSA) is 97.3 Å². The van der Waals surface area contributed by atoms with Crippen molar-refractivity contribution < 1.29 is 9.34 Å². The summed E-state index contributed by atoms with van der Waals surface area (Å²) in [6, 6.07) is 11.6. The van der Waals surface area contributed by atoms with Gasteiger partial charge in [-0.3, -0.25) is 10.1 Å². The molecule has 1 aliphatic rings. The Morgan fingerprint density at radius 2 is 2.17 bits per heavy atom. The van der Waals surface area contributed by atoms with E-state index in [1.165, 1.54) is 12.3 Å². The van der Waals surface area contributed by atoms with Gasteiger partial charge in [0.2, 0.25) is 0 Å². The molecule has 0 amide bonds. The molecule has 0 spiro atoms. The highest BCUT2D eigenvalue weighted by Gasteiger charge is 2.26. The van der Waals surface area contributed by atoms with Crippen LogP contribution in [-0.2, 0) is 0 Å². The van der Waals surface area contributed by atoms with Crippen LogP contribution < -0.4 is 10.2 Å². The first-order chi connectivity index (χ1) is 11.7. The van der Waals surface area contributed by atoms with Gasteiger partial charge < -0.3 is 14.6 Å². The van der Waals surface area contributed by atoms with Crippen LogP contribution in [-0.4, -0.2) is 34.0 Å². The third-order valence-electron chi connectivity index (χ3n) is 4.05. The predicted octanol–water partition coefficient (Wildman–Crippen LogP) is 2.82. The molecule has 3 heterocycles. The molecule has 1 atom stereocenters. The number of pyridine rings is 1. The van der Waals surface area contributed by atoms with Gasteiger partial charge in [-0.2, -0.15) is 4.98 Å². The molecule has 2 aromatic heterocycles. The van der Waals surface area contributed by atoms with Gasteiger partial charge in [-0.15, -0.1) is 0 Å². The molecule has 0 bridgehead atoms. The van der Waals surface area contributed by atoms with Gasteiger partial charge in [0.15, 0.2) is 5.58 Å². The molecular formula is C16H15N5O3. The Bertz CT molecular complexity index is 844. The number of fused-ring (bicyclic) bond motifs is 1. The molecule has 24 heavy (non-hydrogen) atoms. The van der Waals surface area contributed by atoms with Crippen molar-refractivity contribution in [1.29, 1.82) is 0 Å². The normalized spacial score (nSPS) is 17.3. The minimum absolute atomic E-state index is 0.0138. The predicted molar refractivity (Wildman–Crippen MR) is 89.1 cm³/mol. The van der Waals surface area contributed by atoms with Crippen molar-refractivity contribution in [2.24, 2.45) is 0 Å². The van der Waals surface area contributed by atoms with Crippen LogP contribution in [0.2, 0.25) is 0 Å². The third-order valence-corrected chi connectivity index (χ3v) is 4.05. The number of benzene rings is 1. The number of para-hydroxylation sites is 2. The van der Waals surface area contributed by atoms with Crippen molar-refractivity contribution in [2.45, 2.75) is 12.5 Å². The quantitative estimate of drug-likeness (QED) is 0.582. The minimum Gasteiger partial charge on any atom is -0.423 e. The first-order valence-corrected chi connectivity index (χ1v) is 7.66. The van der Waals surface area contributed by atoms with Crippen LogP contribution in [0.25, 0.3) is 11.1 Å². The molecule has 8 heteroatoms. The second kappa shape index (κ2) is 5.80. The van der Waals surface area contributed by atoms with Gasteiger partial charge in [-0.1, -0.05) is 12.1 Å². The maximum Gasteiger partial charge on any atom is 0.298 e. The molecule has 0 aliphatic carbocycles. The summed E-state index contributed by atoms with van der Waals surface area (Å²) in [5.74, 6) is 0.630. The molecule has 0 radical (unpaired) electrons. The van der Waals surface area contributed by atoms with Gasteiger partial charge in [0.05, 0.1) is 4.92 Å². The molecule has 1 saturated heterocycles. The number of hydrogen-bond acceptors (Lipinski definition) is 7. The molecule has 1 aromatic carbocycles. The maximum atomic E-state index is 10.7. The number of nitro groups is 1. The van der Waals surface area contributed by atoms with Crippen molar-refractivity contribution in [3.63, 3.8) is 0 Å². The van der Waals surface area contributed by atoms with E-state index in [2.05, 4.69) is 20.2 Å². The number of rotatable bonds is 4. The second-order valence-electron chi connectivity index (χ2n) is 5.70. The first-order valence-electron chi connectivity index (χ1n) is 7.66. The number of nitrogens with one attached hydrogen (secondary N) is 1. The summed E-state index contributed by atoms with van der Waals surface area (Å²) >= 11 is 0. The number of aromatic nitrogens is 2. The molecule has 0 unspecified atom stereocenters. The molecule has 3 aromatic rings. The highest BCUT2D eigenvalue weighted by Crippen LogP contribution is 2.25. The lowest BCUT2D eigenvalue weighted by molar-refractivity contribution is -0.385. The zero-order chi connectivity index (χ0) is 16.5. The van der Waals surface area contributed by atoms with Gasteiger partial charge in [0.1, 0.15) is 17.5 Å². The van der Waals surface area contributed by atoms with E-state index in [1.807, 2.05) is 24.3 Å². The van der Waals surface area contributed by atoms with Crippen LogP contribution in [0.4, 0.5) is 17.5 Å². The van der Waals surface area contributed by atoms with Crippen molar-refractivity contribution in [3.05, 3.63) is 52.7 Å². The zero-order valence-electron chi connectivity index (χ0n) is 12.8. The lowest BCUT2D eigenvalue weighted by Gasteiger charge is -2.15. The summed E-state index contributed by atoms with van der Waals surface area (Å²) in [4.78, 5) is 20.9. The van der Waals surface area contributed by atoms with E-state index in [0.717, 1.165) is 30.6 Å². The zero-order valence-corrected chi connectivity index (χ0v) is 12.8. The minimum atomic E-state index is -0.457. The van der Waals surface area contributed by atoms with Crippen LogP contribution in [0.1, 0.15) is 6.42 Å². The SMILES string of the molecule is O=[N+]([O-])c1ccc(N[C@H]2CCN(c3nc4ccccc4o3)C2)nc1. The highest BCUT2D eigenvalue weighted by atomic mass is 16.6. The Kier molecular flexibility index (Phi) is 3.49. The van der Waals surface area contributed by atoms with Crippen molar-refractivity contribution in [1.82, 2.24) is 9.97 Å². The van der Waals surface area contributed by atoms with Crippen LogP contribution in [0.5, 0.6) is 0 Å². The molecule has 8 nitrogen and oxygen atoms in total. The Morgan fingerprint density at radius 1 is 1.29 bits per heavy atom. The number of oxazole rings is 1. The third kappa shape index (κ3) is 2.73. The Morgan fingerprint density at radius 3 is 2.92 bits per heavy atom. The van der Waals surface area contributed by atoms with Gasteiger partial charge >= 0.3 is 0 Å². The Hall–Kier alpha value is -3.16. The second-order valence-corrected chi connectivity index (χ2v) is 5.70. The summed E-state index contributed by atoms with van der Waals surface area (Å²) in [6.45, 7) is 1.57. The fourth-order valence-electron chi connectivity index (χ4n) is 2.84. The van der Waals surface area contributed by atoms with E-state index in [1.54, 1.807) is 6.07 Å². The van der Waals surface area contributed by atoms with E-state index in [0.29, 0.717) is 11.8 Å². The van der Waals surface area contributed by atoms with E-state index < -0.39 is 4.92 Å². The fourth-order valence-corrected chi connectivity index (χ4v) is 2.84. The van der Waals surface area contributed by atoms with Crippen LogP contribution in [0.3, 0.4) is 0 Å². The highest BCUT2D eigenvalue weighted by molar-refractivity contribution is 5.74. The van der Waals surface area contributed by atoms with E-state index in [4.69, 9.17) is 4.42 Å². The van der Waals surface area contributed by atoms with Gasteiger partial charge in [0, 0.05) is 25.2 Å². The number of hydrogen-bond donors (Lipinski definition) is 1.